The van der Waals surface area contributed by atoms with Gasteiger partial charge in [-0.3, -0.25) is 4.44 Å². The topological polar surface area (TPSA) is 3.24 Å². The van der Waals surface area contributed by atoms with Crippen LogP contribution >= 0.6 is 16.8 Å². The second-order valence-electron chi connectivity index (χ2n) is 14.7. The zero-order chi connectivity index (χ0) is 35.5. The summed E-state index contributed by atoms with van der Waals surface area (Å²) in [5, 5.41) is 6.78. The van der Waals surface area contributed by atoms with E-state index < -0.39 is 24.2 Å². The predicted molar refractivity (Wildman–Crippen MR) is 230 cm³/mol. The van der Waals surface area contributed by atoms with Crippen molar-refractivity contribution in [3.05, 3.63) is 78.6 Å². The highest BCUT2D eigenvalue weighted by Gasteiger charge is 2.35. The first-order valence-corrected chi connectivity index (χ1v) is 27.6. The van der Waals surface area contributed by atoms with Crippen LogP contribution in [0.4, 0.5) is 4.39 Å². The molecule has 0 bridgehead atoms. The van der Waals surface area contributed by atoms with Gasteiger partial charge in [0.15, 0.2) is 0 Å². The lowest BCUT2D eigenvalue weighted by molar-refractivity contribution is 0.635. The van der Waals surface area contributed by atoms with E-state index in [4.69, 9.17) is 0 Å². The van der Waals surface area contributed by atoms with E-state index in [1.165, 1.54) is 124 Å². The summed E-state index contributed by atoms with van der Waals surface area (Å²) in [6.07, 6.45) is 15.8. The summed E-state index contributed by atoms with van der Waals surface area (Å²) in [6, 6.07) is 35.6. The van der Waals surface area contributed by atoms with Crippen molar-refractivity contribution < 1.29 is 4.39 Å². The molecule has 2 atom stereocenters. The highest BCUT2D eigenvalue weighted by atomic mass is 31.2. The van der Waals surface area contributed by atoms with Gasteiger partial charge in [-0.25, -0.2) is 4.39 Å². The van der Waals surface area contributed by atoms with Crippen molar-refractivity contribution in [3.63, 3.8) is 0 Å². The van der Waals surface area contributed by atoms with Crippen molar-refractivity contribution in [1.82, 2.24) is 4.44 Å². The highest BCUT2D eigenvalue weighted by molar-refractivity contribution is 7.77. The Hall–Kier alpha value is -1.16. The maximum absolute atomic E-state index is 15.6. The van der Waals surface area contributed by atoms with Crippen molar-refractivity contribution in [2.45, 2.75) is 155 Å². The van der Waals surface area contributed by atoms with Gasteiger partial charge >= 0.3 is 0 Å². The molecule has 49 heavy (non-hydrogen) atoms. The van der Waals surface area contributed by atoms with Gasteiger partial charge < -0.3 is 0 Å². The lowest BCUT2D eigenvalue weighted by atomic mass is 10.3. The van der Waals surface area contributed by atoms with Gasteiger partial charge in [-0.05, 0) is 38.5 Å². The van der Waals surface area contributed by atoms with Gasteiger partial charge in [0.1, 0.15) is 5.82 Å². The molecule has 3 aromatic rings. The Labute approximate surface area is 307 Å². The molecule has 272 valence electrons. The lowest BCUT2D eigenvalue weighted by Crippen LogP contribution is -2.47. The number of rotatable bonds is 25. The third kappa shape index (κ3) is 12.2. The molecule has 0 saturated heterocycles. The Morgan fingerprint density at radius 1 is 0.531 bits per heavy atom. The fourth-order valence-electron chi connectivity index (χ4n) is 7.90. The molecule has 0 heterocycles. The lowest BCUT2D eigenvalue weighted by Gasteiger charge is -2.34. The van der Waals surface area contributed by atoms with Gasteiger partial charge in [0.25, 0.3) is 0 Å². The second kappa shape index (κ2) is 22.7. The summed E-state index contributed by atoms with van der Waals surface area (Å²) in [5.41, 5.74) is 0. The molecule has 3 aromatic carbocycles. The fraction of sp³-hybridized carbons (Fsp3) is 0.581. The van der Waals surface area contributed by atoms with Crippen molar-refractivity contribution >= 4 is 59.2 Å². The predicted octanol–water partition coefficient (Wildman–Crippen LogP) is 12.1. The smallest absolute Gasteiger partial charge is 0.132 e. The molecular formula is C43H70FNP2Si2. The molecule has 0 fully saturated rings. The second-order valence-corrected chi connectivity index (χ2v) is 28.1. The molecule has 0 N–H and O–H groups in total. The molecule has 6 heteroatoms. The summed E-state index contributed by atoms with van der Waals surface area (Å²) in [7, 11) is -1.40. The van der Waals surface area contributed by atoms with Crippen LogP contribution in [0.1, 0.15) is 119 Å². The number of benzene rings is 3. The van der Waals surface area contributed by atoms with E-state index in [0.717, 1.165) is 5.30 Å². The molecule has 0 saturated carbocycles. The van der Waals surface area contributed by atoms with Crippen LogP contribution in [0.2, 0.25) is 36.3 Å². The molecule has 1 nitrogen and oxygen atoms in total. The Balaban J connectivity index is 1.97. The number of halogens is 1. The zero-order valence-corrected chi connectivity index (χ0v) is 36.3. The van der Waals surface area contributed by atoms with Gasteiger partial charge in [-0.15, -0.1) is 0 Å². The standard InChI is InChI=1S/C43H70FNP2Si2/c1-8-14-32-48(33-15-9-2,34-16-10-3)40-28-24-38(25-29-40)46-45(7)47(43-23-21-20-22-42(43)44)39-26-30-41(31-27-39)49(35-17-11-4,36-18-12-5)37-19-13-6/h20-31,46H,8-19,32-37H2,1-7H3. The van der Waals surface area contributed by atoms with Crippen LogP contribution in [-0.2, 0) is 0 Å². The molecule has 0 aliphatic heterocycles. The maximum Gasteiger partial charge on any atom is 0.132 e. The van der Waals surface area contributed by atoms with E-state index in [2.05, 4.69) is 102 Å². The van der Waals surface area contributed by atoms with E-state index in [1.54, 1.807) is 16.4 Å². The molecule has 2 unspecified atom stereocenters. The van der Waals surface area contributed by atoms with E-state index in [-0.39, 0.29) is 5.82 Å². The van der Waals surface area contributed by atoms with Crippen LogP contribution < -0.4 is 26.3 Å². The Kier molecular flexibility index (Phi) is 19.6. The van der Waals surface area contributed by atoms with Crippen molar-refractivity contribution in [2.24, 2.45) is 0 Å². The van der Waals surface area contributed by atoms with Crippen LogP contribution in [0.5, 0.6) is 0 Å². The summed E-state index contributed by atoms with van der Waals surface area (Å²) >= 11 is 0. The minimum Gasteiger partial charge on any atom is -0.254 e. The minimum atomic E-state index is -1.59. The molecule has 0 aliphatic rings. The largest absolute Gasteiger partial charge is 0.254 e. The molecular weight excluding hydrogens is 668 g/mol. The average molecular weight is 738 g/mol. The Morgan fingerprint density at radius 3 is 1.27 bits per heavy atom. The first-order valence-electron chi connectivity index (χ1n) is 20.1. The quantitative estimate of drug-likeness (QED) is 0.0618. The Morgan fingerprint density at radius 2 is 0.898 bits per heavy atom. The van der Waals surface area contributed by atoms with Crippen molar-refractivity contribution in [2.75, 3.05) is 7.05 Å². The van der Waals surface area contributed by atoms with Gasteiger partial charge in [-0.1, -0.05) is 226 Å². The van der Waals surface area contributed by atoms with Gasteiger partial charge in [-0.2, -0.15) is 0 Å². The van der Waals surface area contributed by atoms with E-state index in [9.17, 15) is 0 Å². The summed E-state index contributed by atoms with van der Waals surface area (Å²) in [6.45, 7) is 14.1. The van der Waals surface area contributed by atoms with Crippen molar-refractivity contribution in [3.8, 4) is 0 Å². The molecule has 0 aliphatic carbocycles. The number of nitrogens with zero attached hydrogens (tertiary/aromatic N) is 1. The van der Waals surface area contributed by atoms with Gasteiger partial charge in [0, 0.05) is 13.4 Å². The minimum absolute atomic E-state index is 0.0826. The fourth-order valence-corrected chi connectivity index (χ4v) is 23.0. The third-order valence-electron chi connectivity index (χ3n) is 10.9. The van der Waals surface area contributed by atoms with Gasteiger partial charge in [0.05, 0.1) is 16.1 Å². The van der Waals surface area contributed by atoms with E-state index in [1.807, 2.05) is 18.2 Å². The number of hydrogen-bond acceptors (Lipinski definition) is 1. The first-order chi connectivity index (χ1) is 23.8. The van der Waals surface area contributed by atoms with E-state index in [0.29, 0.717) is 8.73 Å². The Bertz CT molecular complexity index is 1270. The molecule has 0 radical (unpaired) electrons. The zero-order valence-electron chi connectivity index (χ0n) is 32.4. The normalized spacial score (nSPS) is 13.2. The SMILES string of the molecule is CCCC[Si](CCCC)(CCCC)c1ccc(PN(C)P(c2ccc([Si](CCCC)(CCCC)CCCC)cc2)c2ccccc2F)cc1. The summed E-state index contributed by atoms with van der Waals surface area (Å²) < 4.78 is 18.1. The van der Waals surface area contributed by atoms with Crippen LogP contribution in [0.15, 0.2) is 72.8 Å². The molecule has 0 aromatic heterocycles. The maximum atomic E-state index is 15.6. The first kappa shape index (κ1) is 42.3. The molecule has 3 rings (SSSR count). The number of hydrogen-bond donors (Lipinski definition) is 0. The third-order valence-corrected chi connectivity index (χ3v) is 25.9. The highest BCUT2D eigenvalue weighted by Crippen LogP contribution is 2.45. The monoisotopic (exact) mass is 737 g/mol. The number of unbranched alkanes of at least 4 members (excludes halogenated alkanes) is 6. The van der Waals surface area contributed by atoms with Crippen LogP contribution in [0.3, 0.4) is 0 Å². The average Bonchev–Trinajstić information content (AvgIpc) is 3.13. The van der Waals surface area contributed by atoms with Crippen LogP contribution in [0, 0.1) is 5.82 Å². The van der Waals surface area contributed by atoms with E-state index >= 15 is 4.39 Å². The van der Waals surface area contributed by atoms with Gasteiger partial charge in [0.2, 0.25) is 0 Å². The summed E-state index contributed by atoms with van der Waals surface area (Å²) in [5.74, 6) is -0.0826. The van der Waals surface area contributed by atoms with Crippen molar-refractivity contribution in [1.29, 1.82) is 0 Å². The van der Waals surface area contributed by atoms with Crippen LogP contribution in [0.25, 0.3) is 0 Å². The molecule has 0 amide bonds. The molecule has 0 spiro atoms. The summed E-state index contributed by atoms with van der Waals surface area (Å²) in [4.78, 5) is 0. The van der Waals surface area contributed by atoms with Crippen LogP contribution in [-0.4, -0.2) is 27.6 Å².